The van der Waals surface area contributed by atoms with E-state index in [2.05, 4.69) is 10.1 Å². The first-order valence-corrected chi connectivity index (χ1v) is 5.76. The van der Waals surface area contributed by atoms with Crippen molar-refractivity contribution in [3.8, 4) is 0 Å². The van der Waals surface area contributed by atoms with Crippen molar-refractivity contribution in [1.29, 1.82) is 0 Å². The van der Waals surface area contributed by atoms with Gasteiger partial charge in [-0.05, 0) is 12.8 Å². The first kappa shape index (κ1) is 17.3. The minimum atomic E-state index is -1.23. The fraction of sp³-hybridized carbons (Fsp3) is 0.727. The Hall–Kier alpha value is -1.67. The zero-order valence-corrected chi connectivity index (χ0v) is 11.0. The summed E-state index contributed by atoms with van der Waals surface area (Å²) in [5.41, 5.74) is 5.56. The van der Waals surface area contributed by atoms with E-state index in [1.165, 1.54) is 14.2 Å². The summed E-state index contributed by atoms with van der Waals surface area (Å²) in [4.78, 5) is 33.5. The Morgan fingerprint density at radius 2 is 1.89 bits per heavy atom. The number of nitrogens with two attached hydrogens (primary N) is 1. The number of carboxylic acid groups (broad SMARTS) is 1. The van der Waals surface area contributed by atoms with E-state index in [1.807, 2.05) is 0 Å². The first-order chi connectivity index (χ1) is 8.92. The summed E-state index contributed by atoms with van der Waals surface area (Å²) >= 11 is 0. The van der Waals surface area contributed by atoms with Gasteiger partial charge in [-0.15, -0.1) is 0 Å². The number of hydrogen-bond acceptors (Lipinski definition) is 6. The molecule has 2 atom stereocenters. The Kier molecular flexibility index (Phi) is 8.47. The highest BCUT2D eigenvalue weighted by atomic mass is 16.5. The molecule has 0 aliphatic heterocycles. The van der Waals surface area contributed by atoms with Gasteiger partial charge in [-0.25, -0.2) is 4.79 Å². The van der Waals surface area contributed by atoms with Crippen molar-refractivity contribution in [2.24, 2.45) is 5.73 Å². The van der Waals surface area contributed by atoms with E-state index >= 15 is 0 Å². The topological polar surface area (TPSA) is 128 Å². The normalized spacial score (nSPS) is 13.4. The molecule has 0 saturated heterocycles. The highest BCUT2D eigenvalue weighted by molar-refractivity contribution is 5.87. The molecule has 0 heterocycles. The SMILES string of the molecule is COCCC(N)C(=O)N[C@H](CCC(=O)OC)C(=O)O. The average Bonchev–Trinajstić information content (AvgIpc) is 2.39. The van der Waals surface area contributed by atoms with E-state index in [1.54, 1.807) is 0 Å². The highest BCUT2D eigenvalue weighted by Crippen LogP contribution is 2.01. The maximum Gasteiger partial charge on any atom is 0.326 e. The van der Waals surface area contributed by atoms with Crippen LogP contribution in [-0.4, -0.2) is 55.9 Å². The van der Waals surface area contributed by atoms with Crippen molar-refractivity contribution in [2.45, 2.75) is 31.3 Å². The molecule has 8 heteroatoms. The van der Waals surface area contributed by atoms with Crippen molar-refractivity contribution >= 4 is 17.8 Å². The predicted molar refractivity (Wildman–Crippen MR) is 65.3 cm³/mol. The van der Waals surface area contributed by atoms with Crippen molar-refractivity contribution < 1.29 is 29.0 Å². The Balaban J connectivity index is 4.29. The van der Waals surface area contributed by atoms with Gasteiger partial charge in [-0.1, -0.05) is 0 Å². The summed E-state index contributed by atoms with van der Waals surface area (Å²) in [6, 6.07) is -2.01. The molecular formula is C11H20N2O6. The summed E-state index contributed by atoms with van der Waals surface area (Å²) in [5.74, 6) is -2.35. The molecule has 0 aromatic heterocycles. The highest BCUT2D eigenvalue weighted by Gasteiger charge is 2.23. The van der Waals surface area contributed by atoms with Crippen LogP contribution in [-0.2, 0) is 23.9 Å². The second-order valence-corrected chi connectivity index (χ2v) is 3.90. The Morgan fingerprint density at radius 1 is 1.26 bits per heavy atom. The van der Waals surface area contributed by atoms with E-state index < -0.39 is 29.9 Å². The number of hydrogen-bond donors (Lipinski definition) is 3. The minimum absolute atomic E-state index is 0.0508. The molecule has 0 saturated carbocycles. The van der Waals surface area contributed by atoms with Gasteiger partial charge in [-0.2, -0.15) is 0 Å². The van der Waals surface area contributed by atoms with E-state index in [0.29, 0.717) is 6.61 Å². The second-order valence-electron chi connectivity index (χ2n) is 3.90. The van der Waals surface area contributed by atoms with Gasteiger partial charge in [0.05, 0.1) is 13.2 Å². The molecule has 0 radical (unpaired) electrons. The number of nitrogens with one attached hydrogen (secondary N) is 1. The fourth-order valence-corrected chi connectivity index (χ4v) is 1.28. The van der Waals surface area contributed by atoms with Crippen LogP contribution in [0.2, 0.25) is 0 Å². The molecule has 19 heavy (non-hydrogen) atoms. The molecular weight excluding hydrogens is 256 g/mol. The number of methoxy groups -OCH3 is 2. The van der Waals surface area contributed by atoms with Crippen LogP contribution in [0.25, 0.3) is 0 Å². The molecule has 1 amide bonds. The van der Waals surface area contributed by atoms with Gasteiger partial charge in [0.1, 0.15) is 6.04 Å². The van der Waals surface area contributed by atoms with E-state index in [0.717, 1.165) is 0 Å². The molecule has 0 aromatic rings. The number of rotatable bonds is 9. The van der Waals surface area contributed by atoms with Gasteiger partial charge in [-0.3, -0.25) is 9.59 Å². The molecule has 0 spiro atoms. The number of esters is 1. The van der Waals surface area contributed by atoms with Crippen molar-refractivity contribution in [1.82, 2.24) is 5.32 Å². The standard InChI is InChI=1S/C11H20N2O6/c1-18-6-5-7(12)10(15)13-8(11(16)17)3-4-9(14)19-2/h7-8H,3-6,12H2,1-2H3,(H,13,15)(H,16,17)/t7?,8-/m1/s1. The summed E-state index contributed by atoms with van der Waals surface area (Å²) in [6.45, 7) is 0.300. The number of ether oxygens (including phenoxy) is 2. The lowest BCUT2D eigenvalue weighted by atomic mass is 10.1. The molecule has 0 aromatic carbocycles. The van der Waals surface area contributed by atoms with Gasteiger partial charge in [0.25, 0.3) is 0 Å². The van der Waals surface area contributed by atoms with Gasteiger partial charge in [0.15, 0.2) is 0 Å². The lowest BCUT2D eigenvalue weighted by Gasteiger charge is -2.17. The third-order valence-corrected chi connectivity index (χ3v) is 2.45. The van der Waals surface area contributed by atoms with Gasteiger partial charge in [0, 0.05) is 20.1 Å². The summed E-state index contributed by atoms with van der Waals surface area (Å²) in [5, 5.41) is 11.2. The van der Waals surface area contributed by atoms with Crippen LogP contribution >= 0.6 is 0 Å². The van der Waals surface area contributed by atoms with Crippen LogP contribution in [0, 0.1) is 0 Å². The van der Waals surface area contributed by atoms with Crippen LogP contribution < -0.4 is 11.1 Å². The second kappa shape index (κ2) is 9.29. The number of aliphatic carboxylic acids is 1. The molecule has 110 valence electrons. The third-order valence-electron chi connectivity index (χ3n) is 2.45. The molecule has 1 unspecified atom stereocenters. The van der Waals surface area contributed by atoms with E-state index in [-0.39, 0.29) is 19.3 Å². The smallest absolute Gasteiger partial charge is 0.326 e. The lowest BCUT2D eigenvalue weighted by Crippen LogP contribution is -2.48. The lowest BCUT2D eigenvalue weighted by molar-refractivity contribution is -0.144. The van der Waals surface area contributed by atoms with E-state index in [4.69, 9.17) is 15.6 Å². The zero-order chi connectivity index (χ0) is 14.8. The number of carboxylic acids is 1. The maximum absolute atomic E-state index is 11.6. The fourth-order valence-electron chi connectivity index (χ4n) is 1.28. The molecule has 0 aliphatic rings. The quantitative estimate of drug-likeness (QED) is 0.455. The van der Waals surface area contributed by atoms with Crippen LogP contribution in [0.1, 0.15) is 19.3 Å². The first-order valence-electron chi connectivity index (χ1n) is 5.76. The van der Waals surface area contributed by atoms with Crippen molar-refractivity contribution in [2.75, 3.05) is 20.8 Å². The Bertz CT molecular complexity index is 320. The molecule has 0 rings (SSSR count). The predicted octanol–water partition coefficient (Wildman–Crippen LogP) is -1.13. The average molecular weight is 276 g/mol. The summed E-state index contributed by atoms with van der Waals surface area (Å²) in [6.07, 6.45) is 0.136. The monoisotopic (exact) mass is 276 g/mol. The van der Waals surface area contributed by atoms with E-state index in [9.17, 15) is 14.4 Å². The van der Waals surface area contributed by atoms with Gasteiger partial charge >= 0.3 is 11.9 Å². The van der Waals surface area contributed by atoms with Crippen LogP contribution in [0.15, 0.2) is 0 Å². The Labute approximate surface area is 111 Å². The van der Waals surface area contributed by atoms with Crippen LogP contribution in [0.3, 0.4) is 0 Å². The van der Waals surface area contributed by atoms with Gasteiger partial charge < -0.3 is 25.6 Å². The van der Waals surface area contributed by atoms with Crippen molar-refractivity contribution in [3.63, 3.8) is 0 Å². The molecule has 0 bridgehead atoms. The molecule has 0 aliphatic carbocycles. The number of amides is 1. The van der Waals surface area contributed by atoms with Crippen LogP contribution in [0.5, 0.6) is 0 Å². The minimum Gasteiger partial charge on any atom is -0.480 e. The third kappa shape index (κ3) is 7.37. The molecule has 0 fully saturated rings. The maximum atomic E-state index is 11.6. The Morgan fingerprint density at radius 3 is 2.37 bits per heavy atom. The molecule has 8 nitrogen and oxygen atoms in total. The number of carbonyl (C=O) groups excluding carboxylic acids is 2. The van der Waals surface area contributed by atoms with Gasteiger partial charge in [0.2, 0.25) is 5.91 Å². The molecule has 4 N–H and O–H groups in total. The zero-order valence-electron chi connectivity index (χ0n) is 11.0. The van der Waals surface area contributed by atoms with Crippen molar-refractivity contribution in [3.05, 3.63) is 0 Å². The number of carbonyl (C=O) groups is 3. The summed E-state index contributed by atoms with van der Waals surface area (Å²) in [7, 11) is 2.68. The van der Waals surface area contributed by atoms with Crippen LogP contribution in [0.4, 0.5) is 0 Å². The largest absolute Gasteiger partial charge is 0.480 e. The summed E-state index contributed by atoms with van der Waals surface area (Å²) < 4.78 is 9.17.